The van der Waals surface area contributed by atoms with E-state index >= 15 is 0 Å². The Labute approximate surface area is 168 Å². The van der Waals surface area contributed by atoms with Gasteiger partial charge in [0.2, 0.25) is 5.91 Å². The zero-order valence-corrected chi connectivity index (χ0v) is 15.9. The van der Waals surface area contributed by atoms with Gasteiger partial charge in [0.25, 0.3) is 0 Å². The summed E-state index contributed by atoms with van der Waals surface area (Å²) < 4.78 is 5.23. The highest BCUT2D eigenvalue weighted by atomic mass is 16.5. The first-order chi connectivity index (χ1) is 14.2. The summed E-state index contributed by atoms with van der Waals surface area (Å²) >= 11 is 0. The van der Waals surface area contributed by atoms with Crippen molar-refractivity contribution in [1.82, 2.24) is 20.3 Å². The zero-order valence-electron chi connectivity index (χ0n) is 15.9. The quantitative estimate of drug-likeness (QED) is 0.493. The van der Waals surface area contributed by atoms with Crippen molar-refractivity contribution in [2.45, 2.75) is 6.54 Å². The van der Waals surface area contributed by atoms with E-state index in [1.54, 1.807) is 31.8 Å². The van der Waals surface area contributed by atoms with Crippen LogP contribution in [-0.2, 0) is 11.3 Å². The standard InChI is InChI=1S/C23H20N4O2/c1-29-19-5-3-18(4-6-19)21-15-27-23-20(21)12-17(14-26-23)2-7-22(28)25-13-16-8-10-24-11-9-16/h2-12,14-15H,13H2,1H3,(H,25,28)(H,26,27)/b7-2+. The van der Waals surface area contributed by atoms with Gasteiger partial charge in [-0.1, -0.05) is 12.1 Å². The predicted molar refractivity (Wildman–Crippen MR) is 113 cm³/mol. The fourth-order valence-corrected chi connectivity index (χ4v) is 3.04. The van der Waals surface area contributed by atoms with Crippen LogP contribution in [0.15, 0.2) is 73.3 Å². The van der Waals surface area contributed by atoms with Gasteiger partial charge in [0.15, 0.2) is 0 Å². The van der Waals surface area contributed by atoms with Crippen LogP contribution in [-0.4, -0.2) is 28.0 Å². The van der Waals surface area contributed by atoms with E-state index in [0.29, 0.717) is 6.54 Å². The van der Waals surface area contributed by atoms with Gasteiger partial charge < -0.3 is 15.0 Å². The number of aromatic amines is 1. The molecule has 144 valence electrons. The SMILES string of the molecule is COc1ccc(-c2c[nH]c3ncc(/C=C/C(=O)NCc4ccncc4)cc23)cc1. The fraction of sp³-hybridized carbons (Fsp3) is 0.0870. The van der Waals surface area contributed by atoms with Crippen LogP contribution in [0.4, 0.5) is 0 Å². The molecular weight excluding hydrogens is 364 g/mol. The van der Waals surface area contributed by atoms with Crippen LogP contribution < -0.4 is 10.1 Å². The number of methoxy groups -OCH3 is 1. The minimum absolute atomic E-state index is 0.161. The molecule has 0 atom stereocenters. The van der Waals surface area contributed by atoms with Crippen molar-refractivity contribution >= 4 is 23.0 Å². The number of carbonyl (C=O) groups excluding carboxylic acids is 1. The first kappa shape index (κ1) is 18.4. The van der Waals surface area contributed by atoms with Gasteiger partial charge >= 0.3 is 0 Å². The summed E-state index contributed by atoms with van der Waals surface area (Å²) in [7, 11) is 1.65. The summed E-state index contributed by atoms with van der Waals surface area (Å²) in [5.41, 5.74) is 4.77. The van der Waals surface area contributed by atoms with Crippen LogP contribution in [0.25, 0.3) is 28.2 Å². The maximum atomic E-state index is 12.1. The summed E-state index contributed by atoms with van der Waals surface area (Å²) in [4.78, 5) is 23.7. The molecule has 0 saturated heterocycles. The number of fused-ring (bicyclic) bond motifs is 1. The maximum Gasteiger partial charge on any atom is 0.244 e. The Morgan fingerprint density at radius 2 is 1.97 bits per heavy atom. The Morgan fingerprint density at radius 1 is 1.17 bits per heavy atom. The lowest BCUT2D eigenvalue weighted by Crippen LogP contribution is -2.20. The number of H-pyrrole nitrogens is 1. The number of pyridine rings is 2. The second-order valence-electron chi connectivity index (χ2n) is 6.50. The molecule has 0 saturated carbocycles. The molecule has 0 aliphatic heterocycles. The number of ether oxygens (including phenoxy) is 1. The van der Waals surface area contributed by atoms with Crippen molar-refractivity contribution in [3.63, 3.8) is 0 Å². The largest absolute Gasteiger partial charge is 0.497 e. The minimum Gasteiger partial charge on any atom is -0.497 e. The molecule has 0 bridgehead atoms. The van der Waals surface area contributed by atoms with E-state index in [2.05, 4.69) is 20.3 Å². The molecule has 0 aliphatic rings. The van der Waals surface area contributed by atoms with Crippen LogP contribution in [0.5, 0.6) is 5.75 Å². The number of rotatable bonds is 6. The highest BCUT2D eigenvalue weighted by Gasteiger charge is 2.08. The zero-order chi connectivity index (χ0) is 20.1. The second-order valence-corrected chi connectivity index (χ2v) is 6.50. The van der Waals surface area contributed by atoms with E-state index in [4.69, 9.17) is 4.74 Å². The van der Waals surface area contributed by atoms with Gasteiger partial charge in [0.1, 0.15) is 11.4 Å². The molecule has 29 heavy (non-hydrogen) atoms. The molecule has 3 heterocycles. The Balaban J connectivity index is 1.50. The number of hydrogen-bond donors (Lipinski definition) is 2. The first-order valence-corrected chi connectivity index (χ1v) is 9.19. The molecule has 1 amide bonds. The molecular formula is C23H20N4O2. The summed E-state index contributed by atoms with van der Waals surface area (Å²) in [6.07, 6.45) is 10.4. The minimum atomic E-state index is -0.161. The summed E-state index contributed by atoms with van der Waals surface area (Å²) in [6.45, 7) is 0.461. The number of nitrogens with one attached hydrogen (secondary N) is 2. The van der Waals surface area contributed by atoms with Crippen molar-refractivity contribution < 1.29 is 9.53 Å². The number of benzene rings is 1. The smallest absolute Gasteiger partial charge is 0.244 e. The van der Waals surface area contributed by atoms with E-state index in [1.807, 2.05) is 48.7 Å². The number of aromatic nitrogens is 3. The van der Waals surface area contributed by atoms with Crippen molar-refractivity contribution in [2.24, 2.45) is 0 Å². The predicted octanol–water partition coefficient (Wildman–Crippen LogP) is 3.96. The average Bonchev–Trinajstić information content (AvgIpc) is 3.20. The monoisotopic (exact) mass is 384 g/mol. The molecule has 3 aromatic heterocycles. The summed E-state index contributed by atoms with van der Waals surface area (Å²) in [5.74, 6) is 0.652. The van der Waals surface area contributed by atoms with Crippen molar-refractivity contribution in [3.8, 4) is 16.9 Å². The molecule has 6 nitrogen and oxygen atoms in total. The Bertz CT molecular complexity index is 1150. The lowest BCUT2D eigenvalue weighted by Gasteiger charge is -2.03. The van der Waals surface area contributed by atoms with Crippen LogP contribution in [0.2, 0.25) is 0 Å². The van der Waals surface area contributed by atoms with Gasteiger partial charge in [-0.15, -0.1) is 0 Å². The first-order valence-electron chi connectivity index (χ1n) is 9.19. The molecule has 4 aromatic rings. The van der Waals surface area contributed by atoms with E-state index < -0.39 is 0 Å². The van der Waals surface area contributed by atoms with Crippen LogP contribution in [0.3, 0.4) is 0 Å². The van der Waals surface area contributed by atoms with Gasteiger partial charge in [-0.2, -0.15) is 0 Å². The number of carbonyl (C=O) groups is 1. The number of amides is 1. The lowest BCUT2D eigenvalue weighted by molar-refractivity contribution is -0.116. The van der Waals surface area contributed by atoms with Gasteiger partial charge in [-0.3, -0.25) is 9.78 Å². The Kier molecular flexibility index (Phi) is 5.33. The summed E-state index contributed by atoms with van der Waals surface area (Å²) in [5, 5.41) is 3.85. The van der Waals surface area contributed by atoms with Gasteiger partial charge in [-0.05, 0) is 53.1 Å². The highest BCUT2D eigenvalue weighted by molar-refractivity contribution is 5.96. The molecule has 4 rings (SSSR count). The highest BCUT2D eigenvalue weighted by Crippen LogP contribution is 2.29. The van der Waals surface area contributed by atoms with E-state index in [9.17, 15) is 4.79 Å². The molecule has 1 aromatic carbocycles. The van der Waals surface area contributed by atoms with Crippen LogP contribution in [0, 0.1) is 0 Å². The normalized spacial score (nSPS) is 11.1. The third-order valence-corrected chi connectivity index (χ3v) is 4.60. The third-order valence-electron chi connectivity index (χ3n) is 4.60. The van der Waals surface area contributed by atoms with Gasteiger partial charge in [-0.25, -0.2) is 4.98 Å². The number of nitrogens with zero attached hydrogens (tertiary/aromatic N) is 2. The van der Waals surface area contributed by atoms with Crippen LogP contribution >= 0.6 is 0 Å². The van der Waals surface area contributed by atoms with E-state index in [1.165, 1.54) is 6.08 Å². The second kappa shape index (κ2) is 8.39. The molecule has 6 heteroatoms. The molecule has 0 radical (unpaired) electrons. The van der Waals surface area contributed by atoms with E-state index in [0.717, 1.165) is 39.0 Å². The summed E-state index contributed by atoms with van der Waals surface area (Å²) in [6, 6.07) is 13.6. The molecule has 0 spiro atoms. The molecule has 2 N–H and O–H groups in total. The maximum absolute atomic E-state index is 12.1. The average molecular weight is 384 g/mol. The number of hydrogen-bond acceptors (Lipinski definition) is 4. The molecule has 0 fully saturated rings. The molecule has 0 aliphatic carbocycles. The van der Waals surface area contributed by atoms with Gasteiger partial charge in [0, 0.05) is 48.4 Å². The van der Waals surface area contributed by atoms with Crippen molar-refractivity contribution in [2.75, 3.05) is 7.11 Å². The van der Waals surface area contributed by atoms with Crippen molar-refractivity contribution in [1.29, 1.82) is 0 Å². The molecule has 0 unspecified atom stereocenters. The third kappa shape index (κ3) is 4.32. The van der Waals surface area contributed by atoms with Crippen molar-refractivity contribution in [3.05, 3.63) is 84.5 Å². The van der Waals surface area contributed by atoms with Gasteiger partial charge in [0.05, 0.1) is 7.11 Å². The van der Waals surface area contributed by atoms with E-state index in [-0.39, 0.29) is 5.91 Å². The fourth-order valence-electron chi connectivity index (χ4n) is 3.04. The lowest BCUT2D eigenvalue weighted by atomic mass is 10.0. The topological polar surface area (TPSA) is 79.9 Å². The Morgan fingerprint density at radius 3 is 2.72 bits per heavy atom. The van der Waals surface area contributed by atoms with Crippen LogP contribution in [0.1, 0.15) is 11.1 Å². The Hall–Kier alpha value is -3.93.